The molecule has 0 unspecified atom stereocenters. The van der Waals surface area contributed by atoms with Crippen LogP contribution in [0.2, 0.25) is 10.0 Å². The molecule has 0 aliphatic heterocycles. The maximum absolute atomic E-state index is 13.1. The molecule has 0 amide bonds. The molecule has 0 saturated carbocycles. The van der Waals surface area contributed by atoms with Crippen molar-refractivity contribution in [1.82, 2.24) is 9.55 Å². The van der Waals surface area contributed by atoms with Crippen LogP contribution in [0.4, 0.5) is 18.9 Å². The number of nitro benzene ring substituents is 1. The van der Waals surface area contributed by atoms with Gasteiger partial charge in [-0.1, -0.05) is 77.8 Å². The molecule has 0 radical (unpaired) electrons. The van der Waals surface area contributed by atoms with Gasteiger partial charge in [0.15, 0.2) is 0 Å². The molecule has 4 aromatic carbocycles. The number of halogens is 5. The average molecular weight is 594 g/mol. The molecular formula is C31H20Cl2F3N3O2. The first-order valence-corrected chi connectivity index (χ1v) is 13.0. The van der Waals surface area contributed by atoms with Crippen molar-refractivity contribution in [2.24, 2.45) is 0 Å². The first-order chi connectivity index (χ1) is 19.6. The Bertz CT molecular complexity index is 1750. The molecule has 0 spiro atoms. The maximum atomic E-state index is 13.1. The molecule has 0 saturated heterocycles. The Morgan fingerprint density at radius 2 is 1.61 bits per heavy atom. The molecule has 41 heavy (non-hydrogen) atoms. The molecule has 5 rings (SSSR count). The third-order valence-electron chi connectivity index (χ3n) is 6.37. The third-order valence-corrected chi connectivity index (χ3v) is 6.92. The Labute approximate surface area is 243 Å². The van der Waals surface area contributed by atoms with Crippen LogP contribution in [0.1, 0.15) is 22.5 Å². The number of hydrogen-bond donors (Lipinski definition) is 0. The predicted octanol–water partition coefficient (Wildman–Crippen LogP) is 9.67. The van der Waals surface area contributed by atoms with E-state index in [2.05, 4.69) is 0 Å². The van der Waals surface area contributed by atoms with Gasteiger partial charge in [-0.15, -0.1) is 0 Å². The van der Waals surface area contributed by atoms with Gasteiger partial charge in [0, 0.05) is 35.5 Å². The van der Waals surface area contributed by atoms with Gasteiger partial charge in [0.05, 0.1) is 21.2 Å². The van der Waals surface area contributed by atoms with Gasteiger partial charge in [0.25, 0.3) is 5.69 Å². The highest BCUT2D eigenvalue weighted by molar-refractivity contribution is 6.36. The van der Waals surface area contributed by atoms with Gasteiger partial charge in [0.2, 0.25) is 0 Å². The van der Waals surface area contributed by atoms with Crippen molar-refractivity contribution < 1.29 is 18.1 Å². The van der Waals surface area contributed by atoms with Crippen LogP contribution in [0.25, 0.3) is 34.5 Å². The highest BCUT2D eigenvalue weighted by Crippen LogP contribution is 2.33. The van der Waals surface area contributed by atoms with Crippen molar-refractivity contribution >= 4 is 41.0 Å². The summed E-state index contributed by atoms with van der Waals surface area (Å²) < 4.78 is 41.3. The molecule has 0 bridgehead atoms. The number of imidazole rings is 1. The van der Waals surface area contributed by atoms with Crippen molar-refractivity contribution in [2.75, 3.05) is 0 Å². The van der Waals surface area contributed by atoms with Crippen molar-refractivity contribution in [3.8, 4) is 22.4 Å². The fourth-order valence-electron chi connectivity index (χ4n) is 4.27. The van der Waals surface area contributed by atoms with E-state index in [1.165, 1.54) is 18.2 Å². The second-order valence-corrected chi connectivity index (χ2v) is 10.0. The van der Waals surface area contributed by atoms with Crippen molar-refractivity contribution in [3.63, 3.8) is 0 Å². The Hall–Kier alpha value is -4.40. The SMILES string of the molecule is O=[N+]([O-])c1ccc(Cn2cc(-c3ccc(Cl)cc3Cl)nc2/C=C/c2ccc(-c3cccc(C(F)(F)F)c3)cc2)cc1. The second-order valence-electron chi connectivity index (χ2n) is 9.19. The van der Waals surface area contributed by atoms with Crippen LogP contribution in [0.3, 0.4) is 0 Å². The largest absolute Gasteiger partial charge is 0.416 e. The minimum Gasteiger partial charge on any atom is -0.326 e. The lowest BCUT2D eigenvalue weighted by Crippen LogP contribution is -2.04. The van der Waals surface area contributed by atoms with Gasteiger partial charge < -0.3 is 4.57 Å². The van der Waals surface area contributed by atoms with Crippen LogP contribution < -0.4 is 0 Å². The Balaban J connectivity index is 1.44. The molecular weight excluding hydrogens is 574 g/mol. The number of hydrogen-bond acceptors (Lipinski definition) is 3. The van der Waals surface area contributed by atoms with Crippen LogP contribution in [-0.4, -0.2) is 14.5 Å². The maximum Gasteiger partial charge on any atom is 0.416 e. The number of benzene rings is 4. The van der Waals surface area contributed by atoms with E-state index in [1.807, 2.05) is 35.0 Å². The average Bonchev–Trinajstić information content (AvgIpc) is 3.34. The van der Waals surface area contributed by atoms with Gasteiger partial charge in [-0.2, -0.15) is 13.2 Å². The zero-order valence-electron chi connectivity index (χ0n) is 21.1. The molecule has 0 aliphatic rings. The topological polar surface area (TPSA) is 61.0 Å². The van der Waals surface area contributed by atoms with Gasteiger partial charge in [-0.3, -0.25) is 10.1 Å². The zero-order valence-corrected chi connectivity index (χ0v) is 22.7. The molecule has 0 aliphatic carbocycles. The first-order valence-electron chi connectivity index (χ1n) is 12.3. The molecule has 1 aromatic heterocycles. The van der Waals surface area contributed by atoms with E-state index in [-0.39, 0.29) is 5.69 Å². The van der Waals surface area contributed by atoms with E-state index < -0.39 is 16.7 Å². The summed E-state index contributed by atoms with van der Waals surface area (Å²) in [5, 5.41) is 12.0. The standard InChI is InChI=1S/C31H20Cl2F3N3O2/c32-25-11-14-27(28(33)17-25)29-19-38(18-21-6-12-26(13-7-21)39(40)41)30(37-29)15-8-20-4-9-22(10-5-20)23-2-1-3-24(16-23)31(34,35)36/h1-17,19H,18H2/b15-8+. The molecule has 206 valence electrons. The lowest BCUT2D eigenvalue weighted by atomic mass is 10.0. The van der Waals surface area contributed by atoms with E-state index in [0.717, 1.165) is 23.3 Å². The van der Waals surface area contributed by atoms with Gasteiger partial charge in [-0.05, 0) is 58.7 Å². The fourth-order valence-corrected chi connectivity index (χ4v) is 4.77. The monoisotopic (exact) mass is 593 g/mol. The number of rotatable bonds is 7. The van der Waals surface area contributed by atoms with Gasteiger partial charge in [0.1, 0.15) is 5.82 Å². The van der Waals surface area contributed by atoms with Crippen molar-refractivity contribution in [2.45, 2.75) is 12.7 Å². The Morgan fingerprint density at radius 1 is 0.878 bits per heavy atom. The van der Waals surface area contributed by atoms with E-state index >= 15 is 0 Å². The third kappa shape index (κ3) is 6.67. The minimum absolute atomic E-state index is 0.00159. The molecule has 1 heterocycles. The van der Waals surface area contributed by atoms with Crippen LogP contribution in [0, 0.1) is 10.1 Å². The summed E-state index contributed by atoms with van der Waals surface area (Å²) >= 11 is 12.5. The van der Waals surface area contributed by atoms with E-state index in [4.69, 9.17) is 28.2 Å². The van der Waals surface area contributed by atoms with Crippen molar-refractivity contribution in [1.29, 1.82) is 0 Å². The van der Waals surface area contributed by atoms with Crippen LogP contribution >= 0.6 is 23.2 Å². The van der Waals surface area contributed by atoms with E-state index in [0.29, 0.717) is 44.8 Å². The lowest BCUT2D eigenvalue weighted by Gasteiger charge is -2.09. The number of nitrogens with zero attached hydrogens (tertiary/aromatic N) is 3. The zero-order chi connectivity index (χ0) is 29.1. The van der Waals surface area contributed by atoms with Gasteiger partial charge >= 0.3 is 6.18 Å². The summed E-state index contributed by atoms with van der Waals surface area (Å²) in [6.07, 6.45) is 1.09. The summed E-state index contributed by atoms with van der Waals surface area (Å²) in [6, 6.07) is 23.8. The van der Waals surface area contributed by atoms with Crippen molar-refractivity contribution in [3.05, 3.63) is 140 Å². The number of aromatic nitrogens is 2. The Morgan fingerprint density at radius 3 is 2.27 bits per heavy atom. The molecule has 5 nitrogen and oxygen atoms in total. The first kappa shape index (κ1) is 28.1. The lowest BCUT2D eigenvalue weighted by molar-refractivity contribution is -0.384. The number of alkyl halides is 3. The second kappa shape index (κ2) is 11.6. The van der Waals surface area contributed by atoms with Gasteiger partial charge in [-0.25, -0.2) is 4.98 Å². The van der Waals surface area contributed by atoms with Crippen LogP contribution in [0.5, 0.6) is 0 Å². The van der Waals surface area contributed by atoms with E-state index in [1.54, 1.807) is 48.5 Å². The molecule has 10 heteroatoms. The minimum atomic E-state index is -4.41. The number of non-ortho nitro benzene ring substituents is 1. The normalized spacial score (nSPS) is 11.7. The fraction of sp³-hybridized carbons (Fsp3) is 0.0645. The molecule has 0 fully saturated rings. The summed E-state index contributed by atoms with van der Waals surface area (Å²) in [5.74, 6) is 0.603. The van der Waals surface area contributed by atoms with Crippen LogP contribution in [-0.2, 0) is 12.7 Å². The van der Waals surface area contributed by atoms with E-state index in [9.17, 15) is 23.3 Å². The summed E-state index contributed by atoms with van der Waals surface area (Å²) in [4.78, 5) is 15.3. The highest BCUT2D eigenvalue weighted by Gasteiger charge is 2.30. The molecule has 0 atom stereocenters. The molecule has 0 N–H and O–H groups in total. The summed E-state index contributed by atoms with van der Waals surface area (Å²) in [5.41, 5.74) is 3.40. The number of nitro groups is 1. The summed E-state index contributed by atoms with van der Waals surface area (Å²) in [6.45, 7) is 0.393. The Kier molecular flexibility index (Phi) is 7.97. The van der Waals surface area contributed by atoms with Crippen LogP contribution in [0.15, 0.2) is 97.2 Å². The quantitative estimate of drug-likeness (QED) is 0.139. The smallest absolute Gasteiger partial charge is 0.326 e. The molecule has 5 aromatic rings. The highest BCUT2D eigenvalue weighted by atomic mass is 35.5. The predicted molar refractivity (Wildman–Crippen MR) is 156 cm³/mol. The summed E-state index contributed by atoms with van der Waals surface area (Å²) in [7, 11) is 0.